The molecule has 2 aromatic carbocycles. The van der Waals surface area contributed by atoms with Gasteiger partial charge in [0.05, 0.1) is 28.8 Å². The number of fused-ring (bicyclic) bond motifs is 1. The largest absolute Gasteiger partial charge is 0.488 e. The van der Waals surface area contributed by atoms with Crippen molar-refractivity contribution in [3.63, 3.8) is 0 Å². The number of benzene rings is 2. The molecular formula is C23H19F3N2O3S. The summed E-state index contributed by atoms with van der Waals surface area (Å²) in [5, 5.41) is 1.61. The third-order valence-electron chi connectivity index (χ3n) is 4.99. The molecule has 0 aliphatic carbocycles. The lowest BCUT2D eigenvalue weighted by Crippen LogP contribution is -2.10. The molecule has 0 N–H and O–H groups in total. The minimum absolute atomic E-state index is 0.105. The van der Waals surface area contributed by atoms with Crippen LogP contribution in [0.4, 0.5) is 13.2 Å². The second kappa shape index (κ2) is 8.66. The van der Waals surface area contributed by atoms with E-state index in [1.165, 1.54) is 30.6 Å². The molecule has 0 bridgehead atoms. The van der Waals surface area contributed by atoms with Gasteiger partial charge in [0.15, 0.2) is 0 Å². The first-order chi connectivity index (χ1) is 15.2. The molecule has 2 heterocycles. The minimum atomic E-state index is -4.37. The second-order valence-electron chi connectivity index (χ2n) is 7.13. The lowest BCUT2D eigenvalue weighted by atomic mass is 10.1. The topological polar surface area (TPSA) is 53.4 Å². The van der Waals surface area contributed by atoms with E-state index in [0.29, 0.717) is 16.3 Å². The zero-order chi connectivity index (χ0) is 22.9. The molecule has 0 fully saturated rings. The van der Waals surface area contributed by atoms with Gasteiger partial charge in [-0.05, 0) is 42.6 Å². The summed E-state index contributed by atoms with van der Waals surface area (Å²) in [5.41, 5.74) is 1.55. The number of ether oxygens (including phenoxy) is 2. The summed E-state index contributed by atoms with van der Waals surface area (Å²) >= 11 is 1.38. The maximum atomic E-state index is 12.8. The van der Waals surface area contributed by atoms with Crippen LogP contribution in [-0.2, 0) is 28.9 Å². The lowest BCUT2D eigenvalue weighted by molar-refractivity contribution is -0.141. The van der Waals surface area contributed by atoms with Crippen molar-refractivity contribution in [2.75, 3.05) is 7.11 Å². The van der Waals surface area contributed by atoms with Crippen LogP contribution < -0.4 is 4.74 Å². The Kier molecular flexibility index (Phi) is 5.92. The van der Waals surface area contributed by atoms with E-state index in [9.17, 15) is 18.0 Å². The number of nitrogens with zero attached hydrogens (tertiary/aromatic N) is 2. The molecule has 0 saturated carbocycles. The number of methoxy groups -OCH3 is 1. The van der Waals surface area contributed by atoms with Gasteiger partial charge in [0.2, 0.25) is 0 Å². The van der Waals surface area contributed by atoms with Gasteiger partial charge in [-0.1, -0.05) is 12.1 Å². The molecular weight excluding hydrogens is 441 g/mol. The number of hydrogen-bond donors (Lipinski definition) is 0. The van der Waals surface area contributed by atoms with Gasteiger partial charge in [-0.3, -0.25) is 4.79 Å². The van der Waals surface area contributed by atoms with Crippen molar-refractivity contribution in [2.45, 2.75) is 26.3 Å². The van der Waals surface area contributed by atoms with E-state index in [-0.39, 0.29) is 19.1 Å². The van der Waals surface area contributed by atoms with Crippen LogP contribution in [0.2, 0.25) is 0 Å². The van der Waals surface area contributed by atoms with Crippen molar-refractivity contribution in [1.82, 2.24) is 9.55 Å². The summed E-state index contributed by atoms with van der Waals surface area (Å²) in [6.07, 6.45) is -2.55. The number of alkyl halides is 3. The Morgan fingerprint density at radius 3 is 2.56 bits per heavy atom. The predicted octanol–water partition coefficient (Wildman–Crippen LogP) is 5.84. The number of aryl methyl sites for hydroxylation is 1. The molecule has 2 aromatic heterocycles. The molecule has 0 aliphatic rings. The van der Waals surface area contributed by atoms with Gasteiger partial charge in [-0.25, -0.2) is 4.98 Å². The maximum Gasteiger partial charge on any atom is 0.416 e. The second-order valence-corrected chi connectivity index (χ2v) is 8.22. The first-order valence-corrected chi connectivity index (χ1v) is 10.5. The zero-order valence-corrected chi connectivity index (χ0v) is 18.1. The highest BCUT2D eigenvalue weighted by Gasteiger charge is 2.30. The van der Waals surface area contributed by atoms with Crippen molar-refractivity contribution in [3.8, 4) is 16.3 Å². The van der Waals surface area contributed by atoms with E-state index >= 15 is 0 Å². The van der Waals surface area contributed by atoms with Gasteiger partial charge < -0.3 is 14.0 Å². The molecule has 4 rings (SSSR count). The summed E-state index contributed by atoms with van der Waals surface area (Å²) in [7, 11) is 1.35. The Morgan fingerprint density at radius 2 is 1.88 bits per heavy atom. The van der Waals surface area contributed by atoms with Crippen molar-refractivity contribution in [1.29, 1.82) is 0 Å². The summed E-state index contributed by atoms with van der Waals surface area (Å²) < 4.78 is 50.8. The smallest absolute Gasteiger partial charge is 0.416 e. The van der Waals surface area contributed by atoms with E-state index in [1.54, 1.807) is 4.57 Å². The van der Waals surface area contributed by atoms with Gasteiger partial charge >= 0.3 is 12.1 Å². The van der Waals surface area contributed by atoms with E-state index < -0.39 is 11.7 Å². The number of carbonyl (C=O) groups is 1. The number of hydrogen-bond acceptors (Lipinski definition) is 5. The fourth-order valence-electron chi connectivity index (χ4n) is 3.23. The maximum absolute atomic E-state index is 12.8. The Bertz CT molecular complexity index is 1260. The molecule has 0 spiro atoms. The van der Waals surface area contributed by atoms with E-state index in [4.69, 9.17) is 9.47 Å². The molecule has 0 saturated heterocycles. The fraction of sp³-hybridized carbons (Fsp3) is 0.217. The quantitative estimate of drug-likeness (QED) is 0.339. The molecule has 0 amide bonds. The van der Waals surface area contributed by atoms with Crippen molar-refractivity contribution >= 4 is 28.2 Å². The van der Waals surface area contributed by atoms with Gasteiger partial charge in [-0.15, -0.1) is 11.3 Å². The van der Waals surface area contributed by atoms with Gasteiger partial charge in [0.25, 0.3) is 0 Å². The summed E-state index contributed by atoms with van der Waals surface area (Å²) in [6, 6.07) is 12.5. The fourth-order valence-corrected chi connectivity index (χ4v) is 4.21. The molecule has 9 heteroatoms. The Balaban J connectivity index is 1.50. The first-order valence-electron chi connectivity index (χ1n) is 9.67. The van der Waals surface area contributed by atoms with E-state index in [1.807, 2.05) is 37.4 Å². The summed E-state index contributed by atoms with van der Waals surface area (Å²) in [6.45, 7) is 2.22. The summed E-state index contributed by atoms with van der Waals surface area (Å²) in [4.78, 5) is 17.0. The highest BCUT2D eigenvalue weighted by atomic mass is 32.1. The van der Waals surface area contributed by atoms with Gasteiger partial charge in [0, 0.05) is 17.8 Å². The highest BCUT2D eigenvalue weighted by molar-refractivity contribution is 7.15. The van der Waals surface area contributed by atoms with Crippen LogP contribution in [0, 0.1) is 6.92 Å². The van der Waals surface area contributed by atoms with Crippen LogP contribution in [0.1, 0.15) is 16.1 Å². The number of carbonyl (C=O) groups excluding carboxylic acids is 1. The number of halogens is 3. The van der Waals surface area contributed by atoms with Crippen LogP contribution in [0.25, 0.3) is 21.5 Å². The Labute approximate surface area is 186 Å². The normalized spacial score (nSPS) is 11.7. The average molecular weight is 460 g/mol. The average Bonchev–Trinajstić information content (AvgIpc) is 3.34. The Morgan fingerprint density at radius 1 is 1.12 bits per heavy atom. The molecule has 166 valence electrons. The molecule has 32 heavy (non-hydrogen) atoms. The van der Waals surface area contributed by atoms with Crippen molar-refractivity contribution in [2.24, 2.45) is 0 Å². The van der Waals surface area contributed by atoms with Crippen molar-refractivity contribution in [3.05, 3.63) is 70.9 Å². The van der Waals surface area contributed by atoms with E-state index in [0.717, 1.165) is 33.6 Å². The number of aromatic nitrogens is 2. The molecule has 0 radical (unpaired) electrons. The van der Waals surface area contributed by atoms with Crippen LogP contribution in [0.15, 0.2) is 54.7 Å². The van der Waals surface area contributed by atoms with Crippen LogP contribution in [0.3, 0.4) is 0 Å². The molecule has 0 unspecified atom stereocenters. The number of esters is 1. The SMILES string of the molecule is COC(=O)Cn1ccc2ccc(OCc3sc(-c4ccc(C(F)(F)F)cc4)nc3C)cc21. The third-order valence-corrected chi connectivity index (χ3v) is 6.17. The Hall–Kier alpha value is -3.33. The number of rotatable bonds is 6. The predicted molar refractivity (Wildman–Crippen MR) is 116 cm³/mol. The first kappa shape index (κ1) is 21.9. The lowest BCUT2D eigenvalue weighted by Gasteiger charge is -2.08. The molecule has 0 aliphatic heterocycles. The third kappa shape index (κ3) is 4.62. The zero-order valence-electron chi connectivity index (χ0n) is 17.3. The van der Waals surface area contributed by atoms with E-state index in [2.05, 4.69) is 4.98 Å². The van der Waals surface area contributed by atoms with Gasteiger partial charge in [0.1, 0.15) is 23.9 Å². The number of thiazole rings is 1. The van der Waals surface area contributed by atoms with Crippen LogP contribution >= 0.6 is 11.3 Å². The summed E-state index contributed by atoms with van der Waals surface area (Å²) in [5.74, 6) is 0.288. The monoisotopic (exact) mass is 460 g/mol. The van der Waals surface area contributed by atoms with Crippen LogP contribution in [0.5, 0.6) is 5.75 Å². The van der Waals surface area contributed by atoms with Crippen LogP contribution in [-0.4, -0.2) is 22.6 Å². The standard InChI is InChI=1S/C23H19F3N2O3S/c1-14-20(32-22(27-14)16-3-6-17(7-4-16)23(24,25)26)13-31-18-8-5-15-9-10-28(19(15)11-18)12-21(29)30-2/h3-11H,12-13H2,1-2H3. The van der Waals surface area contributed by atoms with Gasteiger partial charge in [-0.2, -0.15) is 13.2 Å². The minimum Gasteiger partial charge on any atom is -0.488 e. The molecule has 0 atom stereocenters. The molecule has 4 aromatic rings. The highest BCUT2D eigenvalue weighted by Crippen LogP contribution is 2.33. The molecule has 5 nitrogen and oxygen atoms in total. The van der Waals surface area contributed by atoms with Crippen molar-refractivity contribution < 1.29 is 27.4 Å².